The first-order chi connectivity index (χ1) is 10.3. The molecule has 2 saturated heterocycles. The Labute approximate surface area is 127 Å². The Morgan fingerprint density at radius 1 is 1.29 bits per heavy atom. The lowest BCUT2D eigenvalue weighted by atomic mass is 9.95. The minimum absolute atomic E-state index is 0.0431. The molecule has 2 bridgehead atoms. The third-order valence-corrected chi connectivity index (χ3v) is 5.47. The second kappa shape index (κ2) is 5.24. The molecule has 0 spiro atoms. The van der Waals surface area contributed by atoms with E-state index in [4.69, 9.17) is 0 Å². The largest absolute Gasteiger partial charge is 0.347 e. The number of nitrogens with one attached hydrogen (secondary N) is 2. The monoisotopic (exact) mass is 299 g/mol. The lowest BCUT2D eigenvalue weighted by Crippen LogP contribution is -2.42. The van der Waals surface area contributed by atoms with Crippen LogP contribution in [0.2, 0.25) is 0 Å². The highest BCUT2D eigenvalue weighted by molar-refractivity contribution is 7.17. The molecule has 2 fully saturated rings. The van der Waals surface area contributed by atoms with E-state index in [9.17, 15) is 4.79 Å². The van der Waals surface area contributed by atoms with Crippen molar-refractivity contribution >= 4 is 17.2 Å². The Bertz CT molecular complexity index is 655. The highest BCUT2D eigenvalue weighted by atomic mass is 32.1. The number of hydrogen-bond acceptors (Lipinski definition) is 4. The van der Waals surface area contributed by atoms with E-state index < -0.39 is 0 Å². The summed E-state index contributed by atoms with van der Waals surface area (Å²) in [5, 5.41) is 6.72. The van der Waals surface area contributed by atoms with Gasteiger partial charge in [-0.3, -0.25) is 9.78 Å². The van der Waals surface area contributed by atoms with Crippen molar-refractivity contribution in [3.8, 4) is 10.6 Å². The van der Waals surface area contributed by atoms with Gasteiger partial charge < -0.3 is 10.6 Å². The van der Waals surface area contributed by atoms with Gasteiger partial charge >= 0.3 is 0 Å². The average Bonchev–Trinajstić information content (AvgIpc) is 3.24. The van der Waals surface area contributed by atoms with E-state index >= 15 is 0 Å². The normalized spacial score (nSPS) is 27.0. The second-order valence-electron chi connectivity index (χ2n) is 5.74. The molecular weight excluding hydrogens is 282 g/mol. The molecule has 4 nitrogen and oxygen atoms in total. The van der Waals surface area contributed by atoms with E-state index in [1.165, 1.54) is 24.2 Å². The fourth-order valence-corrected chi connectivity index (χ4v) is 4.22. The fraction of sp³-hybridized carbons (Fsp3) is 0.375. The Kier molecular flexibility index (Phi) is 3.24. The van der Waals surface area contributed by atoms with Crippen molar-refractivity contribution in [2.24, 2.45) is 0 Å². The van der Waals surface area contributed by atoms with Crippen LogP contribution in [0.25, 0.3) is 10.6 Å². The summed E-state index contributed by atoms with van der Waals surface area (Å²) in [5.74, 6) is 0.0431. The maximum Gasteiger partial charge on any atom is 0.261 e. The maximum absolute atomic E-state index is 12.4. The molecule has 4 rings (SSSR count). The van der Waals surface area contributed by atoms with E-state index in [2.05, 4.69) is 15.6 Å². The lowest BCUT2D eigenvalue weighted by Gasteiger charge is -2.20. The summed E-state index contributed by atoms with van der Waals surface area (Å²) < 4.78 is 0. The number of rotatable bonds is 3. The molecule has 0 aliphatic carbocycles. The predicted molar refractivity (Wildman–Crippen MR) is 83.4 cm³/mol. The van der Waals surface area contributed by atoms with Crippen molar-refractivity contribution in [2.75, 3.05) is 0 Å². The highest BCUT2D eigenvalue weighted by Gasteiger charge is 2.39. The summed E-state index contributed by atoms with van der Waals surface area (Å²) in [5.41, 5.74) is 0.920. The van der Waals surface area contributed by atoms with E-state index in [-0.39, 0.29) is 11.9 Å². The van der Waals surface area contributed by atoms with Gasteiger partial charge in [-0.2, -0.15) is 0 Å². The summed E-state index contributed by atoms with van der Waals surface area (Å²) in [6.45, 7) is 0. The van der Waals surface area contributed by atoms with Crippen LogP contribution in [0.15, 0.2) is 36.5 Å². The fourth-order valence-electron chi connectivity index (χ4n) is 3.33. The summed E-state index contributed by atoms with van der Waals surface area (Å²) in [4.78, 5) is 18.5. The molecule has 2 unspecified atom stereocenters. The third-order valence-electron chi connectivity index (χ3n) is 4.36. The summed E-state index contributed by atoms with van der Waals surface area (Å²) in [7, 11) is 0. The van der Waals surface area contributed by atoms with Crippen molar-refractivity contribution in [1.82, 2.24) is 15.6 Å². The van der Waals surface area contributed by atoms with Crippen LogP contribution in [0.3, 0.4) is 0 Å². The van der Waals surface area contributed by atoms with Crippen LogP contribution in [-0.2, 0) is 0 Å². The van der Waals surface area contributed by atoms with Crippen molar-refractivity contribution in [3.63, 3.8) is 0 Å². The first-order valence-electron chi connectivity index (χ1n) is 7.38. The van der Waals surface area contributed by atoms with Gasteiger partial charge in [0.05, 0.1) is 15.4 Å². The quantitative estimate of drug-likeness (QED) is 0.915. The van der Waals surface area contributed by atoms with Crippen LogP contribution < -0.4 is 10.6 Å². The van der Waals surface area contributed by atoms with Gasteiger partial charge in [0.2, 0.25) is 0 Å². The number of thiophene rings is 1. The van der Waals surface area contributed by atoms with Gasteiger partial charge in [-0.15, -0.1) is 11.3 Å². The molecule has 21 heavy (non-hydrogen) atoms. The number of fused-ring (bicyclic) bond motifs is 2. The number of amides is 1. The van der Waals surface area contributed by atoms with Gasteiger partial charge in [0.1, 0.15) is 0 Å². The minimum atomic E-state index is 0.0431. The molecule has 2 aliphatic heterocycles. The standard InChI is InChI=1S/C16H17N3OS/c20-16(19-13-9-10-4-5-11(13)18-10)15-7-6-14(21-15)12-3-1-2-8-17-12/h1-3,6-8,10-11,13,18H,4-5,9H2,(H,19,20)/t10?,11?,13-/m1/s1. The zero-order chi connectivity index (χ0) is 14.2. The van der Waals surface area contributed by atoms with Crippen LogP contribution >= 0.6 is 11.3 Å². The second-order valence-corrected chi connectivity index (χ2v) is 6.83. The van der Waals surface area contributed by atoms with Gasteiger partial charge in [-0.25, -0.2) is 0 Å². The van der Waals surface area contributed by atoms with E-state index in [0.717, 1.165) is 21.9 Å². The zero-order valence-corrected chi connectivity index (χ0v) is 12.4. The molecule has 108 valence electrons. The minimum Gasteiger partial charge on any atom is -0.347 e. The Hall–Kier alpha value is -1.72. The van der Waals surface area contributed by atoms with Crippen LogP contribution in [0.4, 0.5) is 0 Å². The van der Waals surface area contributed by atoms with Crippen LogP contribution in [-0.4, -0.2) is 29.0 Å². The number of hydrogen-bond donors (Lipinski definition) is 2. The van der Waals surface area contributed by atoms with Gasteiger partial charge in [-0.05, 0) is 43.5 Å². The Morgan fingerprint density at radius 3 is 2.95 bits per heavy atom. The van der Waals surface area contributed by atoms with Crippen molar-refractivity contribution in [2.45, 2.75) is 37.4 Å². The summed E-state index contributed by atoms with van der Waals surface area (Å²) >= 11 is 1.50. The number of aromatic nitrogens is 1. The molecule has 5 heteroatoms. The first-order valence-corrected chi connectivity index (χ1v) is 8.19. The smallest absolute Gasteiger partial charge is 0.261 e. The van der Waals surface area contributed by atoms with E-state index in [0.29, 0.717) is 12.1 Å². The Morgan fingerprint density at radius 2 is 2.24 bits per heavy atom. The van der Waals surface area contributed by atoms with E-state index in [1.54, 1.807) is 6.20 Å². The molecule has 1 amide bonds. The van der Waals surface area contributed by atoms with Gasteiger partial charge in [0.25, 0.3) is 5.91 Å². The number of carbonyl (C=O) groups is 1. The van der Waals surface area contributed by atoms with Gasteiger partial charge in [0, 0.05) is 24.3 Å². The Balaban J connectivity index is 1.47. The number of nitrogens with zero attached hydrogens (tertiary/aromatic N) is 1. The molecule has 0 radical (unpaired) electrons. The number of carbonyl (C=O) groups excluding carboxylic acids is 1. The van der Waals surface area contributed by atoms with Crippen molar-refractivity contribution < 1.29 is 4.79 Å². The highest BCUT2D eigenvalue weighted by Crippen LogP contribution is 2.30. The van der Waals surface area contributed by atoms with Crippen LogP contribution in [0.5, 0.6) is 0 Å². The molecular formula is C16H17N3OS. The lowest BCUT2D eigenvalue weighted by molar-refractivity contribution is 0.0935. The SMILES string of the molecule is O=C(N[C@@H]1CC2CCC1N2)c1ccc(-c2ccccn2)s1. The van der Waals surface area contributed by atoms with Crippen molar-refractivity contribution in [1.29, 1.82) is 0 Å². The molecule has 2 aromatic rings. The van der Waals surface area contributed by atoms with Gasteiger partial charge in [-0.1, -0.05) is 6.07 Å². The summed E-state index contributed by atoms with van der Waals surface area (Å²) in [6.07, 6.45) is 5.27. The topological polar surface area (TPSA) is 54.0 Å². The molecule has 3 atom stereocenters. The molecule has 2 aliphatic rings. The van der Waals surface area contributed by atoms with E-state index in [1.807, 2.05) is 30.3 Å². The van der Waals surface area contributed by atoms with Crippen LogP contribution in [0.1, 0.15) is 28.9 Å². The molecule has 0 aromatic carbocycles. The molecule has 0 saturated carbocycles. The summed E-state index contributed by atoms with van der Waals surface area (Å²) in [6, 6.07) is 11.0. The van der Waals surface area contributed by atoms with Crippen molar-refractivity contribution in [3.05, 3.63) is 41.4 Å². The molecule has 2 N–H and O–H groups in total. The van der Waals surface area contributed by atoms with Gasteiger partial charge in [0.15, 0.2) is 0 Å². The maximum atomic E-state index is 12.4. The predicted octanol–water partition coefficient (Wildman–Crippen LogP) is 2.43. The first kappa shape index (κ1) is 13.0. The molecule has 2 aromatic heterocycles. The number of pyridine rings is 1. The molecule has 4 heterocycles. The average molecular weight is 299 g/mol. The zero-order valence-electron chi connectivity index (χ0n) is 11.6. The van der Waals surface area contributed by atoms with Crippen LogP contribution in [0, 0.1) is 0 Å². The third kappa shape index (κ3) is 2.47.